The zero-order valence-corrected chi connectivity index (χ0v) is 12.9. The lowest BCUT2D eigenvalue weighted by Crippen LogP contribution is -2.35. The molecule has 1 aromatic heterocycles. The molecule has 0 bridgehead atoms. The molecule has 0 saturated carbocycles. The van der Waals surface area contributed by atoms with Crippen molar-refractivity contribution >= 4 is 23.4 Å². The van der Waals surface area contributed by atoms with Crippen molar-refractivity contribution in [3.05, 3.63) is 16.1 Å². The quantitative estimate of drug-likeness (QED) is 0.873. The van der Waals surface area contributed by atoms with Gasteiger partial charge >= 0.3 is 12.1 Å². The molecule has 1 aromatic rings. The van der Waals surface area contributed by atoms with E-state index in [2.05, 4.69) is 10.3 Å². The number of amides is 1. The first-order chi connectivity index (χ1) is 9.21. The molecule has 0 saturated heterocycles. The molecular weight excluding hydrogens is 280 g/mol. The molecule has 0 spiro atoms. The number of thiazole rings is 1. The minimum Gasteiger partial charge on any atom is -0.481 e. The second kappa shape index (κ2) is 6.69. The van der Waals surface area contributed by atoms with Gasteiger partial charge in [0.1, 0.15) is 10.6 Å². The third-order valence-electron chi connectivity index (χ3n) is 2.29. The van der Waals surface area contributed by atoms with Crippen LogP contribution in [-0.4, -0.2) is 27.8 Å². The number of aliphatic carboxylic acids is 1. The van der Waals surface area contributed by atoms with E-state index in [4.69, 9.17) is 9.84 Å². The van der Waals surface area contributed by atoms with Gasteiger partial charge in [-0.2, -0.15) is 0 Å². The number of ether oxygens (including phenoxy) is 1. The summed E-state index contributed by atoms with van der Waals surface area (Å²) in [6.07, 6.45) is 1.66. The van der Waals surface area contributed by atoms with Crippen LogP contribution in [0.15, 0.2) is 6.20 Å². The van der Waals surface area contributed by atoms with Gasteiger partial charge in [-0.3, -0.25) is 4.79 Å². The number of rotatable bonds is 5. The highest BCUT2D eigenvalue weighted by atomic mass is 32.1. The van der Waals surface area contributed by atoms with E-state index in [1.54, 1.807) is 27.0 Å². The van der Waals surface area contributed by atoms with Crippen LogP contribution in [-0.2, 0) is 16.0 Å². The molecule has 1 unspecified atom stereocenters. The number of carbonyl (C=O) groups is 2. The molecule has 0 aliphatic rings. The van der Waals surface area contributed by atoms with Gasteiger partial charge in [0.25, 0.3) is 0 Å². The molecule has 1 atom stereocenters. The van der Waals surface area contributed by atoms with Crippen molar-refractivity contribution in [3.8, 4) is 0 Å². The average molecular weight is 300 g/mol. The van der Waals surface area contributed by atoms with E-state index in [0.29, 0.717) is 5.01 Å². The molecule has 1 amide bonds. The summed E-state index contributed by atoms with van der Waals surface area (Å²) in [5, 5.41) is 12.1. The Hall–Kier alpha value is -1.63. The van der Waals surface area contributed by atoms with Gasteiger partial charge in [0, 0.05) is 11.1 Å². The maximum Gasteiger partial charge on any atom is 0.408 e. The molecular formula is C13H20N2O4S. The van der Waals surface area contributed by atoms with Gasteiger partial charge < -0.3 is 15.2 Å². The number of alkyl carbamates (subject to hydrolysis) is 1. The lowest BCUT2D eigenvalue weighted by Gasteiger charge is -2.22. The predicted octanol–water partition coefficient (Wildman–Crippen LogP) is 2.75. The summed E-state index contributed by atoms with van der Waals surface area (Å²) in [5.41, 5.74) is -0.630. The Labute approximate surface area is 122 Å². The maximum absolute atomic E-state index is 11.8. The van der Waals surface area contributed by atoms with Gasteiger partial charge in [0.05, 0.1) is 12.5 Å². The number of aryl methyl sites for hydroxylation is 1. The largest absolute Gasteiger partial charge is 0.481 e. The summed E-state index contributed by atoms with van der Waals surface area (Å²) in [7, 11) is 0. The second-order valence-electron chi connectivity index (χ2n) is 5.32. The summed E-state index contributed by atoms with van der Waals surface area (Å²) >= 11 is 1.40. The van der Waals surface area contributed by atoms with Crippen LogP contribution in [0.1, 0.15) is 50.0 Å². The maximum atomic E-state index is 11.8. The summed E-state index contributed by atoms with van der Waals surface area (Å²) in [6.45, 7) is 7.23. The van der Waals surface area contributed by atoms with Crippen LogP contribution in [0, 0.1) is 0 Å². The molecule has 2 N–H and O–H groups in total. The fraction of sp³-hybridized carbons (Fsp3) is 0.615. The molecule has 0 fully saturated rings. The Kier molecular flexibility index (Phi) is 5.50. The summed E-state index contributed by atoms with van der Waals surface area (Å²) in [4.78, 5) is 27.9. The van der Waals surface area contributed by atoms with Crippen molar-refractivity contribution in [2.75, 3.05) is 0 Å². The topological polar surface area (TPSA) is 88.5 Å². The van der Waals surface area contributed by atoms with E-state index in [0.717, 1.165) is 11.3 Å². The number of carboxylic acid groups (broad SMARTS) is 1. The van der Waals surface area contributed by atoms with E-state index in [9.17, 15) is 9.59 Å². The van der Waals surface area contributed by atoms with E-state index in [-0.39, 0.29) is 6.42 Å². The van der Waals surface area contributed by atoms with Crippen LogP contribution >= 0.6 is 11.3 Å². The van der Waals surface area contributed by atoms with Crippen molar-refractivity contribution in [3.63, 3.8) is 0 Å². The number of nitrogens with zero attached hydrogens (tertiary/aromatic N) is 1. The smallest absolute Gasteiger partial charge is 0.408 e. The van der Waals surface area contributed by atoms with Crippen LogP contribution in [0.25, 0.3) is 0 Å². The summed E-state index contributed by atoms with van der Waals surface area (Å²) in [5.74, 6) is -1.00. The SMILES string of the molecule is CCc1cnc(C(CC(=O)O)NC(=O)OC(C)(C)C)s1. The molecule has 6 nitrogen and oxygen atoms in total. The molecule has 0 aliphatic carbocycles. The molecule has 0 aliphatic heterocycles. The van der Waals surface area contributed by atoms with Crippen molar-refractivity contribution in [1.82, 2.24) is 10.3 Å². The van der Waals surface area contributed by atoms with Crippen molar-refractivity contribution in [1.29, 1.82) is 0 Å². The van der Waals surface area contributed by atoms with Gasteiger partial charge in [-0.25, -0.2) is 9.78 Å². The summed E-state index contributed by atoms with van der Waals surface area (Å²) in [6, 6.07) is -0.673. The van der Waals surface area contributed by atoms with Crippen molar-refractivity contribution < 1.29 is 19.4 Å². The Balaban J connectivity index is 2.79. The Morgan fingerprint density at radius 2 is 2.15 bits per heavy atom. The lowest BCUT2D eigenvalue weighted by molar-refractivity contribution is -0.137. The first-order valence-corrected chi connectivity index (χ1v) is 7.19. The zero-order chi connectivity index (χ0) is 15.3. The average Bonchev–Trinajstić information content (AvgIpc) is 2.73. The van der Waals surface area contributed by atoms with Crippen LogP contribution in [0.5, 0.6) is 0 Å². The third kappa shape index (κ3) is 5.56. The first-order valence-electron chi connectivity index (χ1n) is 6.37. The Morgan fingerprint density at radius 1 is 1.50 bits per heavy atom. The van der Waals surface area contributed by atoms with Gasteiger partial charge in [0.15, 0.2) is 0 Å². The van der Waals surface area contributed by atoms with Crippen LogP contribution in [0.2, 0.25) is 0 Å². The number of hydrogen-bond acceptors (Lipinski definition) is 5. The lowest BCUT2D eigenvalue weighted by atomic mass is 10.2. The zero-order valence-electron chi connectivity index (χ0n) is 12.1. The highest BCUT2D eigenvalue weighted by Gasteiger charge is 2.24. The highest BCUT2D eigenvalue weighted by Crippen LogP contribution is 2.23. The number of hydrogen-bond donors (Lipinski definition) is 2. The third-order valence-corrected chi connectivity index (χ3v) is 3.54. The molecule has 1 heterocycles. The van der Waals surface area contributed by atoms with Crippen LogP contribution in [0.4, 0.5) is 4.79 Å². The van der Waals surface area contributed by atoms with Gasteiger partial charge in [-0.1, -0.05) is 6.92 Å². The molecule has 20 heavy (non-hydrogen) atoms. The standard InChI is InChI=1S/C13H20N2O4S/c1-5-8-7-14-11(20-8)9(6-10(16)17)15-12(18)19-13(2,3)4/h7,9H,5-6H2,1-4H3,(H,15,18)(H,16,17). The number of carbonyl (C=O) groups excluding carboxylic acids is 1. The minimum atomic E-state index is -1.00. The molecule has 1 rings (SSSR count). The highest BCUT2D eigenvalue weighted by molar-refractivity contribution is 7.11. The fourth-order valence-electron chi connectivity index (χ4n) is 1.47. The molecule has 0 radical (unpaired) electrons. The van der Waals surface area contributed by atoms with E-state index >= 15 is 0 Å². The van der Waals surface area contributed by atoms with Gasteiger partial charge in [-0.15, -0.1) is 11.3 Å². The molecule has 0 aromatic carbocycles. The first kappa shape index (κ1) is 16.4. The van der Waals surface area contributed by atoms with Crippen molar-refractivity contribution in [2.45, 2.75) is 52.2 Å². The second-order valence-corrected chi connectivity index (χ2v) is 6.46. The normalized spacial score (nSPS) is 12.8. The Bertz CT molecular complexity index is 479. The fourth-order valence-corrected chi connectivity index (χ4v) is 2.38. The minimum absolute atomic E-state index is 0.226. The Morgan fingerprint density at radius 3 is 2.60 bits per heavy atom. The van der Waals surface area contributed by atoms with Crippen LogP contribution in [0.3, 0.4) is 0 Å². The van der Waals surface area contributed by atoms with E-state index < -0.39 is 23.7 Å². The molecule has 7 heteroatoms. The molecule has 112 valence electrons. The summed E-state index contributed by atoms with van der Waals surface area (Å²) < 4.78 is 5.14. The van der Waals surface area contributed by atoms with Crippen LogP contribution < -0.4 is 5.32 Å². The van der Waals surface area contributed by atoms with Gasteiger partial charge in [0.2, 0.25) is 0 Å². The van der Waals surface area contributed by atoms with E-state index in [1.807, 2.05) is 6.92 Å². The number of nitrogens with one attached hydrogen (secondary N) is 1. The van der Waals surface area contributed by atoms with E-state index in [1.165, 1.54) is 11.3 Å². The number of aromatic nitrogens is 1. The number of carboxylic acids is 1. The van der Waals surface area contributed by atoms with Gasteiger partial charge in [-0.05, 0) is 27.2 Å². The van der Waals surface area contributed by atoms with Crippen molar-refractivity contribution in [2.24, 2.45) is 0 Å². The predicted molar refractivity (Wildman–Crippen MR) is 75.9 cm³/mol. The monoisotopic (exact) mass is 300 g/mol.